The van der Waals surface area contributed by atoms with Crippen molar-refractivity contribution in [3.05, 3.63) is 29.8 Å². The number of carboxylic acid groups (broad SMARTS) is 1. The summed E-state index contributed by atoms with van der Waals surface area (Å²) in [7, 11) is 0. The first kappa shape index (κ1) is 21.9. The summed E-state index contributed by atoms with van der Waals surface area (Å²) in [4.78, 5) is 36.9. The Labute approximate surface area is 159 Å². The number of hydrogen-bond acceptors (Lipinski definition) is 4. The van der Waals surface area contributed by atoms with Crippen molar-refractivity contribution in [1.82, 2.24) is 10.2 Å². The number of hydrogen-bond donors (Lipinski definition) is 3. The van der Waals surface area contributed by atoms with Crippen LogP contribution in [0.15, 0.2) is 24.3 Å². The lowest BCUT2D eigenvalue weighted by atomic mass is 9.98. The zero-order valence-electron chi connectivity index (χ0n) is 14.9. The van der Waals surface area contributed by atoms with Crippen molar-refractivity contribution >= 4 is 35.9 Å². The predicted molar refractivity (Wildman–Crippen MR) is 102 cm³/mol. The molecule has 1 aliphatic rings. The quantitative estimate of drug-likeness (QED) is 0.663. The van der Waals surface area contributed by atoms with E-state index >= 15 is 0 Å². The highest BCUT2D eigenvalue weighted by atomic mass is 35.5. The lowest BCUT2D eigenvalue weighted by molar-refractivity contribution is -0.144. The number of likely N-dealkylation sites (tertiary alicyclic amines) is 1. The van der Waals surface area contributed by atoms with Gasteiger partial charge in [0.25, 0.3) is 0 Å². The Morgan fingerprint density at radius 3 is 2.65 bits per heavy atom. The lowest BCUT2D eigenvalue weighted by Gasteiger charge is -2.29. The molecule has 0 aromatic heterocycles. The molecule has 1 aromatic rings. The number of benzene rings is 1. The van der Waals surface area contributed by atoms with Gasteiger partial charge in [-0.2, -0.15) is 0 Å². The molecule has 144 valence electrons. The number of aliphatic carboxylic acids is 1. The smallest absolute Gasteiger partial charge is 0.307 e. The van der Waals surface area contributed by atoms with E-state index in [0.717, 1.165) is 24.1 Å². The number of para-hydroxylation sites is 1. The SMILES string of the molecule is CCc1ccccc1NC(=O)CNC(=O)CN1CCCC(C(=O)O)C1.Cl. The number of nitrogens with one attached hydrogen (secondary N) is 2. The summed E-state index contributed by atoms with van der Waals surface area (Å²) in [5.41, 5.74) is 1.79. The van der Waals surface area contributed by atoms with E-state index < -0.39 is 11.9 Å². The number of carbonyl (C=O) groups excluding carboxylic acids is 2. The maximum Gasteiger partial charge on any atom is 0.307 e. The molecule has 7 nitrogen and oxygen atoms in total. The van der Waals surface area contributed by atoms with Gasteiger partial charge in [-0.25, -0.2) is 0 Å². The van der Waals surface area contributed by atoms with E-state index in [1.807, 2.05) is 36.1 Å². The van der Waals surface area contributed by atoms with E-state index in [-0.39, 0.29) is 37.3 Å². The fourth-order valence-electron chi connectivity index (χ4n) is 2.98. The topological polar surface area (TPSA) is 98.7 Å². The third kappa shape index (κ3) is 6.65. The van der Waals surface area contributed by atoms with Crippen LogP contribution >= 0.6 is 12.4 Å². The Morgan fingerprint density at radius 1 is 1.23 bits per heavy atom. The number of halogens is 1. The molecule has 3 N–H and O–H groups in total. The van der Waals surface area contributed by atoms with Crippen LogP contribution in [0.4, 0.5) is 5.69 Å². The van der Waals surface area contributed by atoms with E-state index in [2.05, 4.69) is 10.6 Å². The predicted octanol–water partition coefficient (Wildman–Crippen LogP) is 1.52. The maximum absolute atomic E-state index is 12.0. The number of rotatable bonds is 7. The zero-order valence-corrected chi connectivity index (χ0v) is 15.7. The van der Waals surface area contributed by atoms with Gasteiger partial charge < -0.3 is 15.7 Å². The van der Waals surface area contributed by atoms with Crippen LogP contribution in [0.3, 0.4) is 0 Å². The van der Waals surface area contributed by atoms with Crippen LogP contribution in [0.25, 0.3) is 0 Å². The van der Waals surface area contributed by atoms with Gasteiger partial charge in [0.15, 0.2) is 0 Å². The highest BCUT2D eigenvalue weighted by Gasteiger charge is 2.26. The second-order valence-electron chi connectivity index (χ2n) is 6.25. The Morgan fingerprint density at radius 2 is 1.96 bits per heavy atom. The van der Waals surface area contributed by atoms with Crippen LogP contribution < -0.4 is 10.6 Å². The van der Waals surface area contributed by atoms with Crippen LogP contribution in [0.2, 0.25) is 0 Å². The molecule has 2 rings (SSSR count). The molecule has 26 heavy (non-hydrogen) atoms. The summed E-state index contributed by atoms with van der Waals surface area (Å²) in [6.45, 7) is 3.09. The van der Waals surface area contributed by atoms with Crippen molar-refractivity contribution in [2.45, 2.75) is 26.2 Å². The summed E-state index contributed by atoms with van der Waals surface area (Å²) in [5.74, 6) is -1.80. The molecule has 1 atom stereocenters. The van der Waals surface area contributed by atoms with Gasteiger partial charge in [0.1, 0.15) is 0 Å². The molecule has 1 unspecified atom stereocenters. The molecule has 0 saturated carbocycles. The van der Waals surface area contributed by atoms with E-state index in [1.165, 1.54) is 0 Å². The number of aryl methyl sites for hydroxylation is 1. The summed E-state index contributed by atoms with van der Waals surface area (Å²) in [6, 6.07) is 7.55. The van der Waals surface area contributed by atoms with Gasteiger partial charge in [-0.15, -0.1) is 12.4 Å². The molecule has 0 radical (unpaired) electrons. The first-order chi connectivity index (χ1) is 12.0. The number of carbonyl (C=O) groups is 3. The van der Waals surface area contributed by atoms with Crippen LogP contribution in [-0.2, 0) is 20.8 Å². The van der Waals surface area contributed by atoms with Gasteiger partial charge in [0.05, 0.1) is 19.0 Å². The van der Waals surface area contributed by atoms with E-state index in [9.17, 15) is 14.4 Å². The second-order valence-corrected chi connectivity index (χ2v) is 6.25. The number of amides is 2. The number of piperidine rings is 1. The first-order valence-electron chi connectivity index (χ1n) is 8.59. The Hall–Kier alpha value is -2.12. The van der Waals surface area contributed by atoms with Gasteiger partial charge in [0, 0.05) is 12.2 Å². The van der Waals surface area contributed by atoms with Crippen molar-refractivity contribution in [1.29, 1.82) is 0 Å². The van der Waals surface area contributed by atoms with Crippen LogP contribution in [0, 0.1) is 5.92 Å². The Kier molecular flexibility index (Phi) is 9.09. The third-order valence-electron chi connectivity index (χ3n) is 4.34. The average molecular weight is 384 g/mol. The highest BCUT2D eigenvalue weighted by Crippen LogP contribution is 2.16. The van der Waals surface area contributed by atoms with Gasteiger partial charge in [-0.05, 0) is 37.4 Å². The molecule has 1 fully saturated rings. The lowest BCUT2D eigenvalue weighted by Crippen LogP contribution is -2.45. The summed E-state index contributed by atoms with van der Waals surface area (Å²) < 4.78 is 0. The molecular formula is C18H26ClN3O4. The standard InChI is InChI=1S/C18H25N3O4.ClH/c1-2-13-6-3-4-8-15(13)20-16(22)10-19-17(23)12-21-9-5-7-14(11-21)18(24)25;/h3-4,6,8,14H,2,5,7,9-12H2,1H3,(H,19,23)(H,20,22)(H,24,25);1H. The van der Waals surface area contributed by atoms with E-state index in [4.69, 9.17) is 5.11 Å². The fourth-order valence-corrected chi connectivity index (χ4v) is 2.98. The number of nitrogens with zero attached hydrogens (tertiary/aromatic N) is 1. The van der Waals surface area contributed by atoms with Crippen molar-refractivity contribution in [3.8, 4) is 0 Å². The summed E-state index contributed by atoms with van der Waals surface area (Å²) in [6.07, 6.45) is 2.22. The van der Waals surface area contributed by atoms with E-state index in [1.54, 1.807) is 0 Å². The minimum absolute atomic E-state index is 0. The fraction of sp³-hybridized carbons (Fsp3) is 0.500. The molecule has 2 amide bonds. The monoisotopic (exact) mass is 383 g/mol. The molecule has 0 spiro atoms. The normalized spacial score (nSPS) is 17.0. The van der Waals surface area contributed by atoms with Crippen LogP contribution in [0.5, 0.6) is 0 Å². The van der Waals surface area contributed by atoms with Crippen molar-refractivity contribution in [3.63, 3.8) is 0 Å². The Bertz CT molecular complexity index is 639. The zero-order chi connectivity index (χ0) is 18.2. The van der Waals surface area contributed by atoms with Gasteiger partial charge in [-0.1, -0.05) is 25.1 Å². The van der Waals surface area contributed by atoms with E-state index in [0.29, 0.717) is 19.5 Å². The molecule has 8 heteroatoms. The second kappa shape index (κ2) is 10.8. The van der Waals surface area contributed by atoms with Crippen molar-refractivity contribution < 1.29 is 19.5 Å². The minimum atomic E-state index is -0.820. The van der Waals surface area contributed by atoms with Crippen molar-refractivity contribution in [2.24, 2.45) is 5.92 Å². The average Bonchev–Trinajstić information content (AvgIpc) is 2.60. The van der Waals surface area contributed by atoms with Crippen molar-refractivity contribution in [2.75, 3.05) is 31.5 Å². The van der Waals surface area contributed by atoms with Crippen LogP contribution in [0.1, 0.15) is 25.3 Å². The first-order valence-corrected chi connectivity index (χ1v) is 8.59. The minimum Gasteiger partial charge on any atom is -0.481 e. The van der Waals surface area contributed by atoms with Gasteiger partial charge in [0.2, 0.25) is 11.8 Å². The maximum atomic E-state index is 12.0. The van der Waals surface area contributed by atoms with Crippen LogP contribution in [-0.4, -0.2) is 54.0 Å². The number of anilines is 1. The Balaban J connectivity index is 0.00000338. The summed E-state index contributed by atoms with van der Waals surface area (Å²) >= 11 is 0. The van der Waals surface area contributed by atoms with Gasteiger partial charge in [-0.3, -0.25) is 19.3 Å². The molecule has 0 aliphatic carbocycles. The molecule has 0 bridgehead atoms. The highest BCUT2D eigenvalue weighted by molar-refractivity contribution is 5.95. The summed E-state index contributed by atoms with van der Waals surface area (Å²) in [5, 5.41) is 14.5. The molecular weight excluding hydrogens is 358 g/mol. The largest absolute Gasteiger partial charge is 0.481 e. The molecule has 1 aliphatic heterocycles. The molecule has 1 saturated heterocycles. The van der Waals surface area contributed by atoms with Gasteiger partial charge >= 0.3 is 5.97 Å². The third-order valence-corrected chi connectivity index (χ3v) is 4.34. The molecule has 1 aromatic carbocycles. The number of carboxylic acids is 1. The molecule has 1 heterocycles.